The first-order chi connectivity index (χ1) is 14.3. The Balaban J connectivity index is 2.11. The van der Waals surface area contributed by atoms with E-state index in [1.807, 2.05) is 13.0 Å². The summed E-state index contributed by atoms with van der Waals surface area (Å²) in [5.74, 6) is 0.884. The van der Waals surface area contributed by atoms with E-state index >= 15 is 0 Å². The highest BCUT2D eigenvalue weighted by Gasteiger charge is 2.35. The van der Waals surface area contributed by atoms with Crippen LogP contribution >= 0.6 is 11.6 Å². The van der Waals surface area contributed by atoms with Crippen LogP contribution in [0, 0.1) is 6.92 Å². The summed E-state index contributed by atoms with van der Waals surface area (Å²) in [6.07, 6.45) is -0.0951. The number of carbonyl (C=O) groups is 2. The van der Waals surface area contributed by atoms with Gasteiger partial charge >= 0.3 is 0 Å². The second-order valence-corrected chi connectivity index (χ2v) is 7.00. The van der Waals surface area contributed by atoms with Gasteiger partial charge < -0.3 is 14.2 Å². The van der Waals surface area contributed by atoms with Crippen LogP contribution in [0.4, 0.5) is 11.4 Å². The Morgan fingerprint density at radius 3 is 2.40 bits per heavy atom. The maximum absolute atomic E-state index is 12.8. The number of amides is 2. The quantitative estimate of drug-likeness (QED) is 0.719. The Morgan fingerprint density at radius 1 is 1.10 bits per heavy atom. The molecule has 0 bridgehead atoms. The van der Waals surface area contributed by atoms with Crippen LogP contribution in [-0.4, -0.2) is 39.0 Å². The minimum absolute atomic E-state index is 0.0951. The molecule has 0 saturated heterocycles. The first-order valence-corrected chi connectivity index (χ1v) is 9.45. The molecule has 9 heteroatoms. The number of hydrogen-bond donors (Lipinski definition) is 0. The molecule has 1 aliphatic rings. The summed E-state index contributed by atoms with van der Waals surface area (Å²) in [6, 6.07) is 8.60. The molecule has 0 aromatic heterocycles. The van der Waals surface area contributed by atoms with Gasteiger partial charge in [-0.05, 0) is 24.6 Å². The highest BCUT2D eigenvalue weighted by Crippen LogP contribution is 2.42. The van der Waals surface area contributed by atoms with Gasteiger partial charge in [0.2, 0.25) is 5.91 Å². The molecule has 158 valence electrons. The van der Waals surface area contributed by atoms with E-state index in [1.54, 1.807) is 24.3 Å². The largest absolute Gasteiger partial charge is 0.497 e. The van der Waals surface area contributed by atoms with Gasteiger partial charge in [-0.1, -0.05) is 17.7 Å². The lowest BCUT2D eigenvalue weighted by atomic mass is 10.1. The van der Waals surface area contributed by atoms with E-state index in [9.17, 15) is 9.59 Å². The van der Waals surface area contributed by atoms with E-state index in [-0.39, 0.29) is 34.8 Å². The molecule has 0 unspecified atom stereocenters. The number of hydrogen-bond acceptors (Lipinski definition) is 6. The number of amidine groups is 1. The van der Waals surface area contributed by atoms with Gasteiger partial charge in [-0.15, -0.1) is 0 Å². The third-order valence-corrected chi connectivity index (χ3v) is 4.87. The molecule has 8 nitrogen and oxygen atoms in total. The predicted octanol–water partition coefficient (Wildman–Crippen LogP) is 3.78. The Bertz CT molecular complexity index is 1040. The summed E-state index contributed by atoms with van der Waals surface area (Å²) in [5, 5.41) is 5.79. The van der Waals surface area contributed by atoms with Crippen LogP contribution in [-0.2, 0) is 9.59 Å². The van der Waals surface area contributed by atoms with Crippen LogP contribution < -0.4 is 24.1 Å². The van der Waals surface area contributed by atoms with Crippen molar-refractivity contribution in [1.29, 1.82) is 0 Å². The fourth-order valence-electron chi connectivity index (χ4n) is 3.21. The van der Waals surface area contributed by atoms with E-state index in [0.717, 1.165) is 10.6 Å². The summed E-state index contributed by atoms with van der Waals surface area (Å²) in [4.78, 5) is 26.7. The number of hydrazone groups is 1. The van der Waals surface area contributed by atoms with Crippen molar-refractivity contribution in [3.05, 3.63) is 40.9 Å². The van der Waals surface area contributed by atoms with Crippen LogP contribution in [0.3, 0.4) is 0 Å². The van der Waals surface area contributed by atoms with Crippen LogP contribution in [0.25, 0.3) is 0 Å². The standard InChI is InChI=1S/C21H22ClN3O5/c1-12-6-7-17(29-4)16(8-12)24(13(2)26)19-11-20(27)25(23-19)21-15(22)9-14(28-3)10-18(21)30-5/h6-10H,11H2,1-5H3. The molecule has 0 radical (unpaired) electrons. The summed E-state index contributed by atoms with van der Waals surface area (Å²) in [6.45, 7) is 3.30. The lowest BCUT2D eigenvalue weighted by Crippen LogP contribution is -2.35. The molecule has 0 fully saturated rings. The zero-order valence-corrected chi connectivity index (χ0v) is 18.1. The number of ether oxygens (including phenoxy) is 3. The highest BCUT2D eigenvalue weighted by atomic mass is 35.5. The zero-order valence-electron chi connectivity index (χ0n) is 17.4. The van der Waals surface area contributed by atoms with Gasteiger partial charge in [0, 0.05) is 19.1 Å². The molecule has 0 spiro atoms. The Kier molecular flexibility index (Phi) is 6.17. The minimum Gasteiger partial charge on any atom is -0.497 e. The number of halogens is 1. The molecule has 30 heavy (non-hydrogen) atoms. The van der Waals surface area contributed by atoms with Crippen LogP contribution in [0.5, 0.6) is 17.2 Å². The van der Waals surface area contributed by atoms with Crippen molar-refractivity contribution in [2.24, 2.45) is 5.10 Å². The number of aryl methyl sites for hydroxylation is 1. The van der Waals surface area contributed by atoms with E-state index in [0.29, 0.717) is 22.9 Å². The van der Waals surface area contributed by atoms with Crippen molar-refractivity contribution in [3.63, 3.8) is 0 Å². The Hall–Kier alpha value is -3.26. The topological polar surface area (TPSA) is 80.7 Å². The van der Waals surface area contributed by atoms with Gasteiger partial charge in [0.05, 0.1) is 38.5 Å². The molecule has 2 aromatic carbocycles. The molecule has 3 rings (SSSR count). The molecular weight excluding hydrogens is 410 g/mol. The minimum atomic E-state index is -0.353. The van der Waals surface area contributed by atoms with Crippen LogP contribution in [0.15, 0.2) is 35.4 Å². The van der Waals surface area contributed by atoms with Crippen molar-refractivity contribution in [3.8, 4) is 17.2 Å². The van der Waals surface area contributed by atoms with Gasteiger partial charge in [0.1, 0.15) is 28.8 Å². The summed E-state index contributed by atoms with van der Waals surface area (Å²) in [7, 11) is 4.48. The summed E-state index contributed by atoms with van der Waals surface area (Å²) < 4.78 is 16.0. The zero-order chi connectivity index (χ0) is 22.0. The molecule has 2 amide bonds. The van der Waals surface area contributed by atoms with Crippen LogP contribution in [0.1, 0.15) is 18.9 Å². The molecule has 0 saturated carbocycles. The average molecular weight is 432 g/mol. The normalized spacial score (nSPS) is 13.2. The smallest absolute Gasteiger partial charge is 0.255 e. The van der Waals surface area contributed by atoms with Crippen molar-refractivity contribution in [1.82, 2.24) is 0 Å². The lowest BCUT2D eigenvalue weighted by Gasteiger charge is -2.23. The molecule has 1 heterocycles. The second kappa shape index (κ2) is 8.62. The van der Waals surface area contributed by atoms with Crippen molar-refractivity contribution in [2.45, 2.75) is 20.3 Å². The third-order valence-electron chi connectivity index (χ3n) is 4.58. The van der Waals surface area contributed by atoms with Gasteiger partial charge in [-0.2, -0.15) is 10.1 Å². The number of nitrogens with zero attached hydrogens (tertiary/aromatic N) is 3. The molecule has 0 N–H and O–H groups in total. The van der Waals surface area contributed by atoms with Crippen molar-refractivity contribution < 1.29 is 23.8 Å². The van der Waals surface area contributed by atoms with Gasteiger partial charge in [0.25, 0.3) is 5.91 Å². The van der Waals surface area contributed by atoms with Crippen molar-refractivity contribution in [2.75, 3.05) is 31.2 Å². The summed E-state index contributed by atoms with van der Waals surface area (Å²) in [5.41, 5.74) is 1.71. The number of carbonyl (C=O) groups excluding carboxylic acids is 2. The highest BCUT2D eigenvalue weighted by molar-refractivity contribution is 6.35. The van der Waals surface area contributed by atoms with Crippen molar-refractivity contribution >= 4 is 40.6 Å². The number of anilines is 2. The maximum Gasteiger partial charge on any atom is 0.255 e. The average Bonchev–Trinajstić information content (AvgIpc) is 3.07. The van der Waals surface area contributed by atoms with Gasteiger partial charge in [-0.3, -0.25) is 14.5 Å². The molecule has 2 aromatic rings. The molecule has 1 aliphatic heterocycles. The number of methoxy groups -OCH3 is 3. The fraction of sp³-hybridized carbons (Fsp3) is 0.286. The summed E-state index contributed by atoms with van der Waals surface area (Å²) >= 11 is 6.39. The SMILES string of the molecule is COc1cc(Cl)c(N2N=C(N(C(C)=O)c3cc(C)ccc3OC)CC2=O)c(OC)c1. The van der Waals surface area contributed by atoms with E-state index in [2.05, 4.69) is 5.10 Å². The number of rotatable bonds is 5. The first kappa shape index (κ1) is 21.4. The molecule has 0 atom stereocenters. The Morgan fingerprint density at radius 2 is 1.80 bits per heavy atom. The van der Waals surface area contributed by atoms with E-state index in [4.69, 9.17) is 25.8 Å². The maximum atomic E-state index is 12.8. The van der Waals surface area contributed by atoms with Crippen LogP contribution in [0.2, 0.25) is 5.02 Å². The molecular formula is C21H22ClN3O5. The van der Waals surface area contributed by atoms with E-state index < -0.39 is 0 Å². The van der Waals surface area contributed by atoms with Gasteiger partial charge in [0.15, 0.2) is 0 Å². The molecule has 0 aliphatic carbocycles. The second-order valence-electron chi connectivity index (χ2n) is 6.59. The number of benzene rings is 2. The van der Waals surface area contributed by atoms with Gasteiger partial charge in [-0.25, -0.2) is 0 Å². The lowest BCUT2D eigenvalue weighted by molar-refractivity contribution is -0.117. The monoisotopic (exact) mass is 431 g/mol. The first-order valence-electron chi connectivity index (χ1n) is 9.08. The predicted molar refractivity (Wildman–Crippen MR) is 115 cm³/mol. The Labute approximate surface area is 179 Å². The third kappa shape index (κ3) is 3.91. The fourth-order valence-corrected chi connectivity index (χ4v) is 3.49. The van der Waals surface area contributed by atoms with E-state index in [1.165, 1.54) is 33.2 Å².